The summed E-state index contributed by atoms with van der Waals surface area (Å²) in [6.07, 6.45) is 2.01. The Balaban J connectivity index is 0.905. The first-order valence-corrected chi connectivity index (χ1v) is 24.6. The molecule has 0 atom stereocenters. The van der Waals surface area contributed by atoms with Crippen LogP contribution in [0.1, 0.15) is 0 Å². The van der Waals surface area contributed by atoms with Crippen molar-refractivity contribution in [2.24, 2.45) is 0 Å². The maximum Gasteiger partial charge on any atom is 0.266 e. The van der Waals surface area contributed by atoms with Gasteiger partial charge in [-0.2, -0.15) is 0 Å². The highest BCUT2D eigenvalue weighted by molar-refractivity contribution is 8.00. The molecule has 6 nitrogen and oxygen atoms in total. The number of aromatic nitrogens is 2. The van der Waals surface area contributed by atoms with Crippen LogP contribution in [0.2, 0.25) is 0 Å². The fourth-order valence-electron chi connectivity index (χ4n) is 7.58. The molecule has 0 aliphatic heterocycles. The summed E-state index contributed by atoms with van der Waals surface area (Å²) in [4.78, 5) is 57.1. The summed E-state index contributed by atoms with van der Waals surface area (Å²) in [7, 11) is -1.02. The molecule has 0 aliphatic carbocycles. The fraction of sp³-hybridized carbons (Fsp3) is 0.0800. The molecule has 7 aromatic carbocycles. The van der Waals surface area contributed by atoms with Crippen molar-refractivity contribution in [3.8, 4) is 11.4 Å². The van der Waals surface area contributed by atoms with Crippen molar-refractivity contribution in [1.82, 2.24) is 9.13 Å². The molecule has 0 fully saturated rings. The molecule has 2 aromatic heterocycles. The fourth-order valence-corrected chi connectivity index (χ4v) is 14.7. The Labute approximate surface area is 357 Å². The molecule has 0 unspecified atom stereocenters. The van der Waals surface area contributed by atoms with Crippen LogP contribution in [-0.4, -0.2) is 33.0 Å². The van der Waals surface area contributed by atoms with Crippen LogP contribution < -0.4 is 43.5 Å². The van der Waals surface area contributed by atoms with Crippen molar-refractivity contribution in [3.63, 3.8) is 0 Å². The van der Waals surface area contributed by atoms with Crippen molar-refractivity contribution < 1.29 is 0 Å². The molecule has 0 aliphatic rings. The molecule has 60 heavy (non-hydrogen) atoms. The molecule has 2 heterocycles. The zero-order valence-corrected chi connectivity index (χ0v) is 35.8. The van der Waals surface area contributed by atoms with E-state index in [4.69, 9.17) is 0 Å². The Hall–Kier alpha value is -5.62. The van der Waals surface area contributed by atoms with Crippen LogP contribution in [0.3, 0.4) is 0 Å². The molecule has 0 saturated heterocycles. The zero-order chi connectivity index (χ0) is 41.0. The van der Waals surface area contributed by atoms with Crippen molar-refractivity contribution in [2.45, 2.75) is 9.79 Å². The van der Waals surface area contributed by atoms with Gasteiger partial charge in [0.05, 0.1) is 32.9 Å². The number of thioether (sulfide) groups is 2. The van der Waals surface area contributed by atoms with Crippen LogP contribution in [0.15, 0.2) is 211 Å². The molecule has 0 bridgehead atoms. The molecule has 0 spiro atoms. The van der Waals surface area contributed by atoms with E-state index in [1.54, 1.807) is 47.8 Å². The minimum Gasteiger partial charge on any atom is -0.268 e. The lowest BCUT2D eigenvalue weighted by Crippen LogP contribution is -2.24. The SMILES string of the molecule is O=c1c2cc3c(=O)n(-c4ccc(SCCP(c5ccccc5)c5ccccc5)cc4)c(=O)c3cc2c(=O)n1-c1ccc(SCCP(c2ccccc2)c2ccccc2)cc1. The second-order valence-corrected chi connectivity index (χ2v) is 21.2. The van der Waals surface area contributed by atoms with E-state index in [-0.39, 0.29) is 21.5 Å². The van der Waals surface area contributed by atoms with Gasteiger partial charge in [0.2, 0.25) is 0 Å². The number of hydrogen-bond acceptors (Lipinski definition) is 6. The van der Waals surface area contributed by atoms with Crippen molar-refractivity contribution in [1.29, 1.82) is 0 Å². The lowest BCUT2D eigenvalue weighted by molar-refractivity contribution is 0.985. The van der Waals surface area contributed by atoms with Crippen LogP contribution in [0, 0.1) is 0 Å². The average molecular weight is 857 g/mol. The second kappa shape index (κ2) is 17.9. The highest BCUT2D eigenvalue weighted by Gasteiger charge is 2.21. The lowest BCUT2D eigenvalue weighted by Gasteiger charge is -2.18. The molecule has 0 radical (unpaired) electrons. The van der Waals surface area contributed by atoms with Crippen LogP contribution in [0.4, 0.5) is 0 Å². The van der Waals surface area contributed by atoms with E-state index in [2.05, 4.69) is 97.1 Å². The summed E-state index contributed by atoms with van der Waals surface area (Å²) in [6.45, 7) is 0. The Kier molecular flexibility index (Phi) is 11.9. The van der Waals surface area contributed by atoms with Gasteiger partial charge in [0.15, 0.2) is 0 Å². The summed E-state index contributed by atoms with van der Waals surface area (Å²) in [6, 6.07) is 60.1. The Morgan fingerprint density at radius 1 is 0.350 bits per heavy atom. The van der Waals surface area contributed by atoms with Gasteiger partial charge in [-0.3, -0.25) is 19.2 Å². The van der Waals surface area contributed by atoms with Crippen molar-refractivity contribution in [3.05, 3.63) is 223 Å². The first-order chi connectivity index (χ1) is 29.4. The van der Waals surface area contributed by atoms with Crippen molar-refractivity contribution >= 4 is 82.1 Å². The minimum absolute atomic E-state index is 0.119. The van der Waals surface area contributed by atoms with Crippen LogP contribution in [0.5, 0.6) is 0 Å². The maximum absolute atomic E-state index is 13.8. The number of fused-ring (bicyclic) bond motifs is 2. The van der Waals surface area contributed by atoms with E-state index in [9.17, 15) is 19.2 Å². The predicted molar refractivity (Wildman–Crippen MR) is 257 cm³/mol. The van der Waals surface area contributed by atoms with Gasteiger partial charge in [-0.1, -0.05) is 121 Å². The van der Waals surface area contributed by atoms with Crippen LogP contribution in [0.25, 0.3) is 32.9 Å². The number of rotatable bonds is 14. The third-order valence-electron chi connectivity index (χ3n) is 10.5. The number of hydrogen-bond donors (Lipinski definition) is 0. The van der Waals surface area contributed by atoms with Crippen LogP contribution >= 0.6 is 39.4 Å². The quantitative estimate of drug-likeness (QED) is 0.0809. The summed E-state index contributed by atoms with van der Waals surface area (Å²) in [5, 5.41) is 5.84. The van der Waals surface area contributed by atoms with E-state index in [1.807, 2.05) is 48.5 Å². The third-order valence-corrected chi connectivity index (χ3v) is 18.2. The van der Waals surface area contributed by atoms with Gasteiger partial charge in [0.1, 0.15) is 0 Å². The molecule has 9 rings (SSSR count). The molecule has 10 heteroatoms. The summed E-state index contributed by atoms with van der Waals surface area (Å²) in [5.41, 5.74) is -1.18. The second-order valence-electron chi connectivity index (χ2n) is 14.2. The van der Waals surface area contributed by atoms with Gasteiger partial charge >= 0.3 is 0 Å². The summed E-state index contributed by atoms with van der Waals surface area (Å²) in [5.74, 6) is 1.81. The van der Waals surface area contributed by atoms with E-state index in [1.165, 1.54) is 33.4 Å². The smallest absolute Gasteiger partial charge is 0.266 e. The summed E-state index contributed by atoms with van der Waals surface area (Å²) < 4.78 is 2.26. The Bertz CT molecular complexity index is 2750. The molecule has 0 saturated carbocycles. The van der Waals surface area contributed by atoms with E-state index in [0.717, 1.165) is 42.8 Å². The highest BCUT2D eigenvalue weighted by Crippen LogP contribution is 2.36. The third kappa shape index (κ3) is 8.13. The standard InChI is InChI=1S/C50H38N2O4P2S2/c53-47-43-33-45-46(50(56)52(49(45)55)36-23-27-42(28-24-36)60-32-30-58(39-17-9-3-10-18-39)40-19-11-4-12-20-40)34-44(43)48(54)51(47)35-21-25-41(26-22-35)59-31-29-57(37-13-5-1-6-14-37)38-15-7-2-8-16-38/h1-28,33-34H,29-32H2. The molecule has 0 N–H and O–H groups in total. The Morgan fingerprint density at radius 3 is 0.883 bits per heavy atom. The van der Waals surface area contributed by atoms with Gasteiger partial charge in [0, 0.05) is 21.3 Å². The van der Waals surface area contributed by atoms with E-state index in [0.29, 0.717) is 11.4 Å². The average Bonchev–Trinajstić information content (AvgIpc) is 3.70. The largest absolute Gasteiger partial charge is 0.268 e. The van der Waals surface area contributed by atoms with Gasteiger partial charge < -0.3 is 0 Å². The van der Waals surface area contributed by atoms with Gasteiger partial charge in [-0.15, -0.1) is 23.5 Å². The monoisotopic (exact) mass is 856 g/mol. The van der Waals surface area contributed by atoms with Crippen molar-refractivity contribution in [2.75, 3.05) is 23.8 Å². The molecule has 9 aromatic rings. The van der Waals surface area contributed by atoms with E-state index < -0.39 is 38.1 Å². The highest BCUT2D eigenvalue weighted by atomic mass is 32.2. The van der Waals surface area contributed by atoms with Crippen LogP contribution in [-0.2, 0) is 0 Å². The first kappa shape index (κ1) is 39.8. The van der Waals surface area contributed by atoms with Gasteiger partial charge in [0.25, 0.3) is 22.2 Å². The molecule has 0 amide bonds. The minimum atomic E-state index is -0.516. The number of benzene rings is 7. The molecular formula is C50H38N2O4P2S2. The zero-order valence-electron chi connectivity index (χ0n) is 32.4. The normalized spacial score (nSPS) is 11.6. The lowest BCUT2D eigenvalue weighted by atomic mass is 10.1. The predicted octanol–water partition coefficient (Wildman–Crippen LogP) is 8.34. The molecule has 294 valence electrons. The maximum atomic E-state index is 13.8. The first-order valence-electron chi connectivity index (χ1n) is 19.6. The van der Waals surface area contributed by atoms with Gasteiger partial charge in [-0.25, -0.2) is 9.13 Å². The Morgan fingerprint density at radius 2 is 0.617 bits per heavy atom. The topological polar surface area (TPSA) is 78.1 Å². The summed E-state index contributed by atoms with van der Waals surface area (Å²) >= 11 is 3.48. The molecular weight excluding hydrogens is 819 g/mol. The van der Waals surface area contributed by atoms with Gasteiger partial charge in [-0.05, 0) is 110 Å². The van der Waals surface area contributed by atoms with E-state index >= 15 is 0 Å². The number of nitrogens with zero attached hydrogens (tertiary/aromatic N) is 2.